The quantitative estimate of drug-likeness (QED) is 0.470. The molecule has 31 heavy (non-hydrogen) atoms. The van der Waals surface area contributed by atoms with E-state index < -0.39 is 0 Å². The van der Waals surface area contributed by atoms with E-state index in [2.05, 4.69) is 4.98 Å². The van der Waals surface area contributed by atoms with Crippen molar-refractivity contribution in [2.45, 2.75) is 33.1 Å². The van der Waals surface area contributed by atoms with Gasteiger partial charge in [0.2, 0.25) is 11.8 Å². The number of anilines is 1. The second-order valence-corrected chi connectivity index (χ2v) is 7.51. The van der Waals surface area contributed by atoms with E-state index in [1.54, 1.807) is 31.3 Å². The normalized spacial score (nSPS) is 10.6. The van der Waals surface area contributed by atoms with E-state index in [0.717, 1.165) is 33.5 Å². The number of methoxy groups -OCH3 is 1. The van der Waals surface area contributed by atoms with Crippen LogP contribution in [0, 0.1) is 6.92 Å². The highest BCUT2D eigenvalue weighted by Gasteiger charge is 2.12. The van der Waals surface area contributed by atoms with E-state index in [-0.39, 0.29) is 11.7 Å². The molecule has 1 amide bonds. The molecule has 0 aliphatic rings. The zero-order valence-corrected chi connectivity index (χ0v) is 18.5. The lowest BCUT2D eigenvalue weighted by atomic mass is 9.95. The van der Waals surface area contributed by atoms with Gasteiger partial charge in [-0.1, -0.05) is 43.3 Å². The Morgan fingerprint density at radius 1 is 1.00 bits per heavy atom. The predicted octanol–water partition coefficient (Wildman–Crippen LogP) is 5.25. The van der Waals surface area contributed by atoms with E-state index in [1.807, 2.05) is 62.4 Å². The molecule has 160 valence electrons. The number of ether oxygens (including phenoxy) is 1. The number of hydrogen-bond donors (Lipinski definition) is 0. The molecule has 0 fully saturated rings. The van der Waals surface area contributed by atoms with Gasteiger partial charge in [0.1, 0.15) is 0 Å². The summed E-state index contributed by atoms with van der Waals surface area (Å²) < 4.78 is 5.07. The molecule has 0 unspecified atom stereocenters. The van der Waals surface area contributed by atoms with E-state index in [4.69, 9.17) is 4.74 Å². The van der Waals surface area contributed by atoms with Crippen LogP contribution in [0.5, 0.6) is 5.88 Å². The summed E-state index contributed by atoms with van der Waals surface area (Å²) in [5.74, 6) is 0.768. The minimum absolute atomic E-state index is 0.0804. The first kappa shape index (κ1) is 22.2. The molecular weight excluding hydrogens is 388 g/mol. The maximum Gasteiger partial charge on any atom is 0.226 e. The molecule has 0 saturated carbocycles. The Hall–Kier alpha value is -3.47. The van der Waals surface area contributed by atoms with Crippen LogP contribution >= 0.6 is 0 Å². The number of benzene rings is 2. The number of aryl methyl sites for hydroxylation is 2. The van der Waals surface area contributed by atoms with Crippen LogP contribution in [0.2, 0.25) is 0 Å². The zero-order valence-electron chi connectivity index (χ0n) is 18.5. The Kier molecular flexibility index (Phi) is 7.19. The lowest BCUT2D eigenvalue weighted by Gasteiger charge is -2.17. The van der Waals surface area contributed by atoms with Crippen LogP contribution in [0.3, 0.4) is 0 Å². The van der Waals surface area contributed by atoms with Gasteiger partial charge in [0.25, 0.3) is 0 Å². The Balaban J connectivity index is 1.68. The Morgan fingerprint density at radius 2 is 1.71 bits per heavy atom. The minimum Gasteiger partial charge on any atom is -0.481 e. The number of pyridine rings is 1. The maximum absolute atomic E-state index is 12.7. The van der Waals surface area contributed by atoms with Crippen molar-refractivity contribution in [2.75, 3.05) is 19.1 Å². The van der Waals surface area contributed by atoms with Crippen molar-refractivity contribution >= 4 is 17.4 Å². The number of nitrogens with zero attached hydrogens (tertiary/aromatic N) is 2. The van der Waals surface area contributed by atoms with Crippen molar-refractivity contribution < 1.29 is 14.3 Å². The van der Waals surface area contributed by atoms with Gasteiger partial charge in [0.05, 0.1) is 7.11 Å². The van der Waals surface area contributed by atoms with Gasteiger partial charge in [0, 0.05) is 43.4 Å². The Bertz CT molecular complexity index is 1060. The summed E-state index contributed by atoms with van der Waals surface area (Å²) in [6, 6.07) is 17.6. The molecule has 0 radical (unpaired) electrons. The standard InChI is InChI=1S/C26H28N2O3/c1-5-26(30)28(3)22-11-8-20(9-12-22)21-10-13-23(18(2)16-21)24(29)14-6-19-7-15-25(31-4)27-17-19/h7-13,15-17H,5-6,14H2,1-4H3. The van der Waals surface area contributed by atoms with E-state index in [1.165, 1.54) is 0 Å². The lowest BCUT2D eigenvalue weighted by molar-refractivity contribution is -0.118. The number of ketones is 1. The van der Waals surface area contributed by atoms with Gasteiger partial charge in [-0.15, -0.1) is 0 Å². The third kappa shape index (κ3) is 5.37. The summed E-state index contributed by atoms with van der Waals surface area (Å²) in [5.41, 5.74) is 5.67. The minimum atomic E-state index is 0.0804. The SMILES string of the molecule is CCC(=O)N(C)c1ccc(-c2ccc(C(=O)CCc3ccc(OC)nc3)c(C)c2)cc1. The van der Waals surface area contributed by atoms with Crippen LogP contribution in [0.15, 0.2) is 60.8 Å². The van der Waals surface area contributed by atoms with Gasteiger partial charge in [-0.25, -0.2) is 4.98 Å². The molecule has 1 aromatic heterocycles. The second-order valence-electron chi connectivity index (χ2n) is 7.51. The van der Waals surface area contributed by atoms with Gasteiger partial charge in [-0.2, -0.15) is 0 Å². The van der Waals surface area contributed by atoms with Crippen molar-refractivity contribution in [1.29, 1.82) is 0 Å². The van der Waals surface area contributed by atoms with Crippen LogP contribution in [-0.4, -0.2) is 30.8 Å². The molecule has 3 rings (SSSR count). The van der Waals surface area contributed by atoms with Crippen molar-refractivity contribution in [3.63, 3.8) is 0 Å². The molecule has 0 bridgehead atoms. The van der Waals surface area contributed by atoms with E-state index in [9.17, 15) is 9.59 Å². The summed E-state index contributed by atoms with van der Waals surface area (Å²) in [5, 5.41) is 0. The largest absolute Gasteiger partial charge is 0.481 e. The molecule has 0 N–H and O–H groups in total. The fourth-order valence-electron chi connectivity index (χ4n) is 3.49. The fourth-order valence-corrected chi connectivity index (χ4v) is 3.49. The van der Waals surface area contributed by atoms with Gasteiger partial charge in [0.15, 0.2) is 5.78 Å². The number of aromatic nitrogens is 1. The number of hydrogen-bond acceptors (Lipinski definition) is 4. The number of rotatable bonds is 8. The Labute approximate surface area is 183 Å². The molecule has 5 heteroatoms. The van der Waals surface area contributed by atoms with Gasteiger partial charge < -0.3 is 9.64 Å². The summed E-state index contributed by atoms with van der Waals surface area (Å²) in [6.07, 6.45) is 3.29. The highest BCUT2D eigenvalue weighted by Crippen LogP contribution is 2.26. The molecule has 0 aliphatic heterocycles. The summed E-state index contributed by atoms with van der Waals surface area (Å²) in [6.45, 7) is 3.82. The molecule has 3 aromatic rings. The zero-order chi connectivity index (χ0) is 22.4. The molecule has 5 nitrogen and oxygen atoms in total. The van der Waals surface area contributed by atoms with Crippen LogP contribution < -0.4 is 9.64 Å². The molecule has 0 aliphatic carbocycles. The van der Waals surface area contributed by atoms with Crippen molar-refractivity contribution in [3.05, 3.63) is 77.5 Å². The van der Waals surface area contributed by atoms with Crippen LogP contribution in [0.25, 0.3) is 11.1 Å². The summed E-state index contributed by atoms with van der Waals surface area (Å²) in [4.78, 5) is 30.5. The van der Waals surface area contributed by atoms with Crippen molar-refractivity contribution in [2.24, 2.45) is 0 Å². The van der Waals surface area contributed by atoms with Gasteiger partial charge >= 0.3 is 0 Å². The van der Waals surface area contributed by atoms with Gasteiger partial charge in [-0.05, 0) is 47.7 Å². The number of carbonyl (C=O) groups is 2. The predicted molar refractivity (Wildman–Crippen MR) is 124 cm³/mol. The van der Waals surface area contributed by atoms with E-state index >= 15 is 0 Å². The molecule has 0 spiro atoms. The molecule has 1 heterocycles. The van der Waals surface area contributed by atoms with Crippen molar-refractivity contribution in [1.82, 2.24) is 4.98 Å². The first-order chi connectivity index (χ1) is 14.9. The monoisotopic (exact) mass is 416 g/mol. The molecule has 0 saturated heterocycles. The second kappa shape index (κ2) is 10.0. The topological polar surface area (TPSA) is 59.5 Å². The van der Waals surface area contributed by atoms with E-state index in [0.29, 0.717) is 25.1 Å². The van der Waals surface area contributed by atoms with Crippen LogP contribution in [0.4, 0.5) is 5.69 Å². The lowest BCUT2D eigenvalue weighted by Crippen LogP contribution is -2.24. The highest BCUT2D eigenvalue weighted by atomic mass is 16.5. The molecular formula is C26H28N2O3. The van der Waals surface area contributed by atoms with Gasteiger partial charge in [-0.3, -0.25) is 9.59 Å². The average molecular weight is 417 g/mol. The number of carbonyl (C=O) groups excluding carboxylic acids is 2. The number of amides is 1. The average Bonchev–Trinajstić information content (AvgIpc) is 2.81. The summed E-state index contributed by atoms with van der Waals surface area (Å²) >= 11 is 0. The highest BCUT2D eigenvalue weighted by molar-refractivity contribution is 5.98. The molecule has 2 aromatic carbocycles. The Morgan fingerprint density at radius 3 is 2.29 bits per heavy atom. The third-order valence-corrected chi connectivity index (χ3v) is 5.44. The fraction of sp³-hybridized carbons (Fsp3) is 0.269. The number of Topliss-reactive ketones (excluding diaryl/α,β-unsaturated/α-hetero) is 1. The van der Waals surface area contributed by atoms with Crippen molar-refractivity contribution in [3.8, 4) is 17.0 Å². The summed E-state index contributed by atoms with van der Waals surface area (Å²) in [7, 11) is 3.37. The smallest absolute Gasteiger partial charge is 0.226 e. The third-order valence-electron chi connectivity index (χ3n) is 5.44. The van der Waals surface area contributed by atoms with Crippen LogP contribution in [0.1, 0.15) is 41.3 Å². The maximum atomic E-state index is 12.7. The van der Waals surface area contributed by atoms with Crippen LogP contribution in [-0.2, 0) is 11.2 Å². The first-order valence-corrected chi connectivity index (χ1v) is 10.4. The molecule has 0 atom stereocenters. The first-order valence-electron chi connectivity index (χ1n) is 10.4.